The molecule has 0 saturated carbocycles. The van der Waals surface area contributed by atoms with Crippen molar-refractivity contribution >= 4 is 17.3 Å². The molecule has 0 radical (unpaired) electrons. The van der Waals surface area contributed by atoms with E-state index in [1.807, 2.05) is 6.07 Å². The van der Waals surface area contributed by atoms with E-state index in [-0.39, 0.29) is 11.7 Å². The molecule has 0 unspecified atom stereocenters. The Morgan fingerprint density at radius 3 is 2.62 bits per heavy atom. The van der Waals surface area contributed by atoms with Crippen LogP contribution in [0.2, 0.25) is 0 Å². The Morgan fingerprint density at radius 1 is 1.31 bits per heavy atom. The van der Waals surface area contributed by atoms with Gasteiger partial charge in [-0.2, -0.15) is 0 Å². The van der Waals surface area contributed by atoms with E-state index in [1.54, 1.807) is 6.07 Å². The fourth-order valence-electron chi connectivity index (χ4n) is 1.77. The topological polar surface area (TPSA) is 3.24 Å². The molecule has 0 atom stereocenters. The molecule has 0 bridgehead atoms. The minimum atomic E-state index is -0.206. The van der Waals surface area contributed by atoms with Crippen LogP contribution in [0.3, 0.4) is 0 Å². The first-order valence-electron chi connectivity index (χ1n) is 5.82. The summed E-state index contributed by atoms with van der Waals surface area (Å²) < 4.78 is 13.6. The maximum Gasteiger partial charge on any atom is 0.129 e. The number of rotatable bonds is 6. The first-order chi connectivity index (χ1) is 7.74. The molecule has 1 rings (SSSR count). The number of alkyl halides is 1. The van der Waals surface area contributed by atoms with E-state index < -0.39 is 0 Å². The summed E-state index contributed by atoms with van der Waals surface area (Å²) >= 11 is 5.81. The van der Waals surface area contributed by atoms with E-state index in [1.165, 1.54) is 6.07 Å². The maximum absolute atomic E-state index is 13.6. The van der Waals surface area contributed by atoms with E-state index in [0.717, 1.165) is 31.6 Å². The quantitative estimate of drug-likeness (QED) is 0.677. The smallest absolute Gasteiger partial charge is 0.129 e. The van der Waals surface area contributed by atoms with E-state index in [4.69, 9.17) is 11.6 Å². The van der Waals surface area contributed by atoms with Crippen LogP contribution >= 0.6 is 11.6 Å². The molecule has 0 amide bonds. The van der Waals surface area contributed by atoms with Gasteiger partial charge in [0.2, 0.25) is 0 Å². The normalized spacial score (nSPS) is 10.5. The zero-order valence-corrected chi connectivity index (χ0v) is 10.7. The highest BCUT2D eigenvalue weighted by Gasteiger charge is 2.12. The van der Waals surface area contributed by atoms with Gasteiger partial charge in [0.05, 0.1) is 5.88 Å². The van der Waals surface area contributed by atoms with Gasteiger partial charge in [-0.05, 0) is 25.5 Å². The second-order valence-corrected chi connectivity index (χ2v) is 4.07. The third kappa shape index (κ3) is 3.11. The second kappa shape index (κ2) is 6.74. The number of halogens is 2. The van der Waals surface area contributed by atoms with Gasteiger partial charge in [0.1, 0.15) is 5.82 Å². The van der Waals surface area contributed by atoms with Crippen LogP contribution in [0, 0.1) is 5.82 Å². The number of hydrogen-bond donors (Lipinski definition) is 0. The van der Waals surface area contributed by atoms with Crippen LogP contribution in [0.25, 0.3) is 0 Å². The van der Waals surface area contributed by atoms with Gasteiger partial charge in [-0.3, -0.25) is 0 Å². The van der Waals surface area contributed by atoms with Crippen LogP contribution in [-0.2, 0) is 5.88 Å². The molecule has 0 aliphatic carbocycles. The van der Waals surface area contributed by atoms with Crippen LogP contribution in [0.4, 0.5) is 10.1 Å². The molecular formula is C13H19ClFN. The molecule has 0 heterocycles. The van der Waals surface area contributed by atoms with Crippen molar-refractivity contribution in [3.05, 3.63) is 29.6 Å². The molecular weight excluding hydrogens is 225 g/mol. The highest BCUT2D eigenvalue weighted by molar-refractivity contribution is 6.17. The van der Waals surface area contributed by atoms with Gasteiger partial charge in [0.25, 0.3) is 0 Å². The highest BCUT2D eigenvalue weighted by atomic mass is 35.5. The summed E-state index contributed by atoms with van der Waals surface area (Å²) in [5, 5.41) is 0. The Morgan fingerprint density at radius 2 is 2.06 bits per heavy atom. The van der Waals surface area contributed by atoms with Crippen LogP contribution in [-0.4, -0.2) is 13.1 Å². The SMILES string of the molecule is CCCCN(CC)c1cccc(F)c1CCl. The summed E-state index contributed by atoms with van der Waals surface area (Å²) in [5.41, 5.74) is 1.55. The molecule has 1 aromatic rings. The molecule has 0 saturated heterocycles. The van der Waals surface area contributed by atoms with E-state index in [2.05, 4.69) is 18.7 Å². The first kappa shape index (κ1) is 13.3. The molecule has 3 heteroatoms. The lowest BCUT2D eigenvalue weighted by Crippen LogP contribution is -2.25. The van der Waals surface area contributed by atoms with Gasteiger partial charge in [-0.15, -0.1) is 11.6 Å². The Kier molecular flexibility index (Phi) is 5.61. The Labute approximate surface area is 102 Å². The van der Waals surface area contributed by atoms with Crippen LogP contribution in [0.5, 0.6) is 0 Å². The third-order valence-corrected chi connectivity index (χ3v) is 3.00. The van der Waals surface area contributed by atoms with Gasteiger partial charge in [0.15, 0.2) is 0 Å². The fraction of sp³-hybridized carbons (Fsp3) is 0.538. The predicted molar refractivity (Wildman–Crippen MR) is 68.8 cm³/mol. The highest BCUT2D eigenvalue weighted by Crippen LogP contribution is 2.25. The Bertz CT molecular complexity index is 328. The molecule has 1 nitrogen and oxygen atoms in total. The summed E-state index contributed by atoms with van der Waals surface area (Å²) in [5.74, 6) is 0.0208. The summed E-state index contributed by atoms with van der Waals surface area (Å²) in [4.78, 5) is 2.18. The largest absolute Gasteiger partial charge is 0.371 e. The zero-order chi connectivity index (χ0) is 12.0. The summed E-state index contributed by atoms with van der Waals surface area (Å²) in [6.45, 7) is 6.08. The van der Waals surface area contributed by atoms with Crippen LogP contribution in [0.1, 0.15) is 32.3 Å². The monoisotopic (exact) mass is 243 g/mol. The molecule has 0 fully saturated rings. The van der Waals surface area contributed by atoms with Gasteiger partial charge in [0, 0.05) is 24.3 Å². The van der Waals surface area contributed by atoms with Crippen molar-refractivity contribution in [2.24, 2.45) is 0 Å². The second-order valence-electron chi connectivity index (χ2n) is 3.80. The molecule has 0 aliphatic rings. The standard InChI is InChI=1S/C13H19ClFN/c1-3-5-9-16(4-2)13-8-6-7-12(15)11(13)10-14/h6-8H,3-5,9-10H2,1-2H3. The van der Waals surface area contributed by atoms with E-state index in [0.29, 0.717) is 5.56 Å². The average Bonchev–Trinajstić information content (AvgIpc) is 2.30. The van der Waals surface area contributed by atoms with Crippen molar-refractivity contribution in [3.8, 4) is 0 Å². The lowest BCUT2D eigenvalue weighted by atomic mass is 10.1. The van der Waals surface area contributed by atoms with Crippen molar-refractivity contribution in [2.45, 2.75) is 32.6 Å². The molecule has 0 spiro atoms. The minimum Gasteiger partial charge on any atom is -0.371 e. The van der Waals surface area contributed by atoms with Crippen molar-refractivity contribution in [3.63, 3.8) is 0 Å². The maximum atomic E-state index is 13.6. The number of nitrogens with zero attached hydrogens (tertiary/aromatic N) is 1. The molecule has 0 N–H and O–H groups in total. The van der Waals surface area contributed by atoms with Crippen molar-refractivity contribution in [2.75, 3.05) is 18.0 Å². The Balaban J connectivity index is 2.94. The Hall–Kier alpha value is -0.760. The number of unbranched alkanes of at least 4 members (excludes halogenated alkanes) is 1. The van der Waals surface area contributed by atoms with Crippen LogP contribution in [0.15, 0.2) is 18.2 Å². The van der Waals surface area contributed by atoms with Gasteiger partial charge in [-0.25, -0.2) is 4.39 Å². The first-order valence-corrected chi connectivity index (χ1v) is 6.36. The third-order valence-electron chi connectivity index (χ3n) is 2.73. The number of hydrogen-bond acceptors (Lipinski definition) is 1. The molecule has 0 aromatic heterocycles. The number of benzene rings is 1. The lowest BCUT2D eigenvalue weighted by Gasteiger charge is -2.25. The van der Waals surface area contributed by atoms with Crippen LogP contribution < -0.4 is 4.90 Å². The molecule has 1 aromatic carbocycles. The van der Waals surface area contributed by atoms with Crippen molar-refractivity contribution in [1.82, 2.24) is 0 Å². The summed E-state index contributed by atoms with van der Waals surface area (Å²) in [6, 6.07) is 5.16. The van der Waals surface area contributed by atoms with E-state index >= 15 is 0 Å². The number of anilines is 1. The predicted octanol–water partition coefficient (Wildman–Crippen LogP) is 4.19. The van der Waals surface area contributed by atoms with Crippen molar-refractivity contribution in [1.29, 1.82) is 0 Å². The molecule has 90 valence electrons. The average molecular weight is 244 g/mol. The summed E-state index contributed by atoms with van der Waals surface area (Å²) in [7, 11) is 0. The van der Waals surface area contributed by atoms with Crippen molar-refractivity contribution < 1.29 is 4.39 Å². The minimum absolute atomic E-state index is 0.206. The fourth-order valence-corrected chi connectivity index (χ4v) is 2.04. The van der Waals surface area contributed by atoms with Gasteiger partial charge < -0.3 is 4.90 Å². The zero-order valence-electron chi connectivity index (χ0n) is 9.97. The van der Waals surface area contributed by atoms with E-state index in [9.17, 15) is 4.39 Å². The molecule has 16 heavy (non-hydrogen) atoms. The lowest BCUT2D eigenvalue weighted by molar-refractivity contribution is 0.614. The van der Waals surface area contributed by atoms with Gasteiger partial charge in [-0.1, -0.05) is 19.4 Å². The summed E-state index contributed by atoms with van der Waals surface area (Å²) in [6.07, 6.45) is 2.26. The van der Waals surface area contributed by atoms with Gasteiger partial charge >= 0.3 is 0 Å². The molecule has 0 aliphatic heterocycles.